The van der Waals surface area contributed by atoms with Gasteiger partial charge in [-0.1, -0.05) is 118 Å². The third kappa shape index (κ3) is 50300. The van der Waals surface area contributed by atoms with Crippen molar-refractivity contribution >= 4 is 41.8 Å². The lowest BCUT2D eigenvalue weighted by atomic mass is 11.3. The highest BCUT2D eigenvalue weighted by Crippen LogP contribution is 1.95. The van der Waals surface area contributed by atoms with Crippen molar-refractivity contribution in [1.82, 2.24) is 0 Å². The van der Waals surface area contributed by atoms with Crippen molar-refractivity contribution in [1.29, 1.82) is 0 Å². The minimum Gasteiger partial charge on any atom is -0.106 e. The van der Waals surface area contributed by atoms with Gasteiger partial charge in [-0.25, -0.2) is 0 Å². The van der Waals surface area contributed by atoms with E-state index < -0.39 is 24.2 Å². The molecule has 0 aliphatic carbocycles. The molecule has 0 saturated heterocycles. The summed E-state index contributed by atoms with van der Waals surface area (Å²) in [6.45, 7) is 53.7. The smallest absolute Gasteiger partial charge is 0.0411 e. The molecule has 0 aromatic carbocycles. The maximum atomic E-state index is 3.00. The summed E-state index contributed by atoms with van der Waals surface area (Å²) in [6, 6.07) is 0. The van der Waals surface area contributed by atoms with Gasteiger partial charge in [-0.2, -0.15) is 0 Å². The van der Waals surface area contributed by atoms with Crippen LogP contribution in [0.5, 0.6) is 0 Å². The predicted molar refractivity (Wildman–Crippen MR) is 160 cm³/mol. The first kappa shape index (κ1) is 46.0. The van der Waals surface area contributed by atoms with Gasteiger partial charge < -0.3 is 0 Å². The Morgan fingerprint density at radius 1 is 0.333 bits per heavy atom. The molecule has 0 aromatic heterocycles. The van der Waals surface area contributed by atoms with E-state index in [-0.39, 0.29) is 17.6 Å². The van der Waals surface area contributed by atoms with Crippen LogP contribution in [0.15, 0.2) is 26.3 Å². The molecule has 0 aliphatic rings. The van der Waals surface area contributed by atoms with Crippen LogP contribution in [0.25, 0.3) is 0 Å². The summed E-state index contributed by atoms with van der Waals surface area (Å²) in [5.41, 5.74) is 0. The van der Waals surface area contributed by atoms with E-state index >= 15 is 0 Å². The van der Waals surface area contributed by atoms with Crippen molar-refractivity contribution in [2.45, 2.75) is 118 Å². The third-order valence-electron chi connectivity index (χ3n) is 0. The van der Waals surface area contributed by atoms with Crippen LogP contribution < -0.4 is 0 Å². The molecule has 0 heterocycles. The van der Waals surface area contributed by atoms with Gasteiger partial charge in [-0.05, 0) is 0 Å². The summed E-state index contributed by atoms with van der Waals surface area (Å²) >= 11 is 0. The van der Waals surface area contributed by atoms with Crippen LogP contribution in [0.1, 0.15) is 0 Å². The average molecular weight is 469 g/mol. The van der Waals surface area contributed by atoms with Gasteiger partial charge in [0, 0.05) is 41.8 Å². The second-order valence-electron chi connectivity index (χ2n) is 12.5. The van der Waals surface area contributed by atoms with Crippen molar-refractivity contribution < 1.29 is 0 Å². The molecule has 0 radical (unpaired) electrons. The Hall–Kier alpha value is 0.564. The van der Waals surface area contributed by atoms with Gasteiger partial charge in [0.1, 0.15) is 0 Å². The molecule has 0 atom stereocenters. The SMILES string of the molecule is C=C.C=C.C[SiH](C)C.C[SiH](C)C.C[Si](C)(C)C.C[Si](C)(C)C.C[Si](C)(C)C. The molecule has 27 heavy (non-hydrogen) atoms. The van der Waals surface area contributed by atoms with Gasteiger partial charge >= 0.3 is 0 Å². The first-order valence-corrected chi connectivity index (χ1v) is 29.4. The highest BCUT2D eigenvalue weighted by molar-refractivity contribution is 6.75. The van der Waals surface area contributed by atoms with E-state index in [1.807, 2.05) is 0 Å². The molecule has 0 unspecified atom stereocenters. The summed E-state index contributed by atoms with van der Waals surface area (Å²) in [5.74, 6) is 0. The number of hydrogen-bond acceptors (Lipinski definition) is 0. The lowest BCUT2D eigenvalue weighted by Crippen LogP contribution is -2.10. The Morgan fingerprint density at radius 2 is 0.333 bits per heavy atom. The van der Waals surface area contributed by atoms with E-state index in [4.69, 9.17) is 0 Å². The van der Waals surface area contributed by atoms with Crippen LogP contribution in [0.3, 0.4) is 0 Å². The zero-order valence-corrected chi connectivity index (χ0v) is 28.8. The van der Waals surface area contributed by atoms with Crippen molar-refractivity contribution in [3.05, 3.63) is 26.3 Å². The van der Waals surface area contributed by atoms with Gasteiger partial charge in [-0.3, -0.25) is 0 Å². The number of rotatable bonds is 0. The lowest BCUT2D eigenvalue weighted by molar-refractivity contribution is 1.71. The molecular formula is C22H64Si5. The molecule has 0 amide bonds. The molecule has 0 nitrogen and oxygen atoms in total. The summed E-state index contributed by atoms with van der Waals surface area (Å²) in [4.78, 5) is 0. The van der Waals surface area contributed by atoms with Gasteiger partial charge in [-0.15, -0.1) is 26.3 Å². The fourth-order valence-electron chi connectivity index (χ4n) is 0. The zero-order valence-electron chi connectivity index (χ0n) is 23.5. The Kier molecular flexibility index (Phi) is 49.0. The maximum Gasteiger partial charge on any atom is 0.0411 e. The van der Waals surface area contributed by atoms with Crippen LogP contribution in [0, 0.1) is 0 Å². The lowest BCUT2D eigenvalue weighted by Gasteiger charge is -2.01. The highest BCUT2D eigenvalue weighted by atomic mass is 28.3. The molecule has 5 heteroatoms. The van der Waals surface area contributed by atoms with Crippen molar-refractivity contribution in [3.63, 3.8) is 0 Å². The van der Waals surface area contributed by atoms with Crippen LogP contribution >= 0.6 is 0 Å². The van der Waals surface area contributed by atoms with E-state index in [1.54, 1.807) is 0 Å². The second-order valence-corrected chi connectivity index (χ2v) is 37.4. The maximum absolute atomic E-state index is 3.00. The zero-order chi connectivity index (χ0) is 24.7. The monoisotopic (exact) mass is 468 g/mol. The standard InChI is InChI=1S/3C4H12Si.2C3H10Si.2C2H4/c3*1-5(2,3)4;2*1-4(2)3;2*1-2/h3*1-4H3;2*4H,1-3H3;2*1-2H2. The van der Waals surface area contributed by atoms with E-state index in [2.05, 4.69) is 144 Å². The van der Waals surface area contributed by atoms with E-state index in [9.17, 15) is 0 Å². The first-order chi connectivity index (χ1) is 11.5. The van der Waals surface area contributed by atoms with E-state index in [0.717, 1.165) is 0 Å². The molecule has 0 fully saturated rings. The Balaban J connectivity index is -0.0000000355. The van der Waals surface area contributed by atoms with Gasteiger partial charge in [0.2, 0.25) is 0 Å². The fourth-order valence-corrected chi connectivity index (χ4v) is 0. The van der Waals surface area contributed by atoms with Crippen LogP contribution in [0.2, 0.25) is 118 Å². The van der Waals surface area contributed by atoms with Gasteiger partial charge in [0.15, 0.2) is 0 Å². The van der Waals surface area contributed by atoms with Crippen molar-refractivity contribution in [3.8, 4) is 0 Å². The quantitative estimate of drug-likeness (QED) is 0.245. The summed E-state index contributed by atoms with van der Waals surface area (Å²) in [5, 5.41) is 0. The molecule has 0 N–H and O–H groups in total. The summed E-state index contributed by atoms with van der Waals surface area (Å²) < 4.78 is 0. The van der Waals surface area contributed by atoms with Crippen LogP contribution in [-0.2, 0) is 0 Å². The molecular weight excluding hydrogens is 405 g/mol. The summed E-state index contributed by atoms with van der Waals surface area (Å²) in [6.07, 6.45) is 0. The average Bonchev–Trinajstić information content (AvgIpc) is 2.25. The van der Waals surface area contributed by atoms with E-state index in [0.29, 0.717) is 0 Å². The second kappa shape index (κ2) is 28.8. The van der Waals surface area contributed by atoms with Gasteiger partial charge in [0.25, 0.3) is 0 Å². The molecule has 0 aliphatic heterocycles. The minimum absolute atomic E-state index is 0.139. The molecule has 0 saturated carbocycles. The van der Waals surface area contributed by atoms with Crippen LogP contribution in [0.4, 0.5) is 0 Å². The van der Waals surface area contributed by atoms with Crippen molar-refractivity contribution in [2.75, 3.05) is 0 Å². The molecule has 0 spiro atoms. The molecule has 0 aromatic rings. The Morgan fingerprint density at radius 3 is 0.333 bits per heavy atom. The predicted octanol–water partition coefficient (Wildman–Crippen LogP) is 9.67. The summed E-state index contributed by atoms with van der Waals surface area (Å²) in [7, 11) is -2.11. The topological polar surface area (TPSA) is 0 Å². The van der Waals surface area contributed by atoms with Crippen LogP contribution in [-0.4, -0.2) is 41.8 Å². The van der Waals surface area contributed by atoms with Crippen molar-refractivity contribution in [2.24, 2.45) is 0 Å². The molecule has 0 rings (SSSR count). The third-order valence-corrected chi connectivity index (χ3v) is 0. The first-order valence-electron chi connectivity index (χ1n) is 10.5. The largest absolute Gasteiger partial charge is 0.106 e. The molecule has 172 valence electrons. The minimum atomic E-state index is -0.611. The Bertz CT molecular complexity index is 171. The van der Waals surface area contributed by atoms with E-state index in [1.165, 1.54) is 0 Å². The normalized spacial score (nSPS) is 9.63. The fraction of sp³-hybridized carbons (Fsp3) is 0.818. The van der Waals surface area contributed by atoms with Gasteiger partial charge in [0.05, 0.1) is 0 Å². The Labute approximate surface area is 185 Å². The highest BCUT2D eigenvalue weighted by Gasteiger charge is 2.00. The number of hydrogen-bond donors (Lipinski definition) is 0. The molecule has 0 bridgehead atoms.